The van der Waals surface area contributed by atoms with Gasteiger partial charge in [-0.25, -0.2) is 9.97 Å². The fourth-order valence-corrected chi connectivity index (χ4v) is 3.69. The minimum absolute atomic E-state index is 0.215. The molecule has 8 heteroatoms. The number of ether oxygens (including phenoxy) is 3. The molecule has 0 saturated carbocycles. The molecule has 0 fully saturated rings. The SMILES string of the molecule is COc1ccc(C(=O)NCC2Cc3cc(-c4cncnc4)cc(Cl)c3O2)c(OC)c1. The lowest BCUT2D eigenvalue weighted by molar-refractivity contribution is 0.0930. The van der Waals surface area contributed by atoms with Gasteiger partial charge in [-0.3, -0.25) is 4.79 Å². The van der Waals surface area contributed by atoms with E-state index in [-0.39, 0.29) is 12.0 Å². The predicted molar refractivity (Wildman–Crippen MR) is 112 cm³/mol. The van der Waals surface area contributed by atoms with Crippen LogP contribution < -0.4 is 19.5 Å². The molecule has 1 N–H and O–H groups in total. The maximum Gasteiger partial charge on any atom is 0.255 e. The number of carbonyl (C=O) groups excluding carboxylic acids is 1. The molecule has 3 aromatic rings. The van der Waals surface area contributed by atoms with Gasteiger partial charge >= 0.3 is 0 Å². The van der Waals surface area contributed by atoms with E-state index in [1.165, 1.54) is 13.4 Å². The smallest absolute Gasteiger partial charge is 0.255 e. The minimum Gasteiger partial charge on any atom is -0.497 e. The Balaban J connectivity index is 1.44. The number of carbonyl (C=O) groups is 1. The third kappa shape index (κ3) is 4.02. The van der Waals surface area contributed by atoms with Crippen LogP contribution in [-0.2, 0) is 6.42 Å². The van der Waals surface area contributed by atoms with Gasteiger partial charge < -0.3 is 19.5 Å². The molecular weight excluding hydrogens is 406 g/mol. The second-order valence-electron chi connectivity index (χ2n) is 6.79. The molecule has 30 heavy (non-hydrogen) atoms. The van der Waals surface area contributed by atoms with Crippen molar-refractivity contribution in [3.63, 3.8) is 0 Å². The first kappa shape index (κ1) is 20.0. The van der Waals surface area contributed by atoms with Gasteiger partial charge in [-0.15, -0.1) is 0 Å². The molecule has 154 valence electrons. The van der Waals surface area contributed by atoms with Crippen LogP contribution in [0.5, 0.6) is 17.2 Å². The molecule has 2 aromatic carbocycles. The van der Waals surface area contributed by atoms with Gasteiger partial charge in [0.15, 0.2) is 0 Å². The number of rotatable bonds is 6. The van der Waals surface area contributed by atoms with Crippen molar-refractivity contribution < 1.29 is 19.0 Å². The zero-order valence-electron chi connectivity index (χ0n) is 16.5. The summed E-state index contributed by atoms with van der Waals surface area (Å²) < 4.78 is 16.5. The zero-order valence-corrected chi connectivity index (χ0v) is 17.3. The third-order valence-corrected chi connectivity index (χ3v) is 5.17. The van der Waals surface area contributed by atoms with Crippen LogP contribution in [0.1, 0.15) is 15.9 Å². The van der Waals surface area contributed by atoms with Crippen LogP contribution in [0, 0.1) is 0 Å². The van der Waals surface area contributed by atoms with Crippen LogP contribution in [0.15, 0.2) is 49.1 Å². The van der Waals surface area contributed by atoms with Gasteiger partial charge in [-0.1, -0.05) is 11.6 Å². The van der Waals surface area contributed by atoms with Gasteiger partial charge in [0.2, 0.25) is 0 Å². The van der Waals surface area contributed by atoms with Crippen molar-refractivity contribution in [2.45, 2.75) is 12.5 Å². The molecule has 2 heterocycles. The third-order valence-electron chi connectivity index (χ3n) is 4.89. The van der Waals surface area contributed by atoms with Crippen molar-refractivity contribution >= 4 is 17.5 Å². The van der Waals surface area contributed by atoms with E-state index >= 15 is 0 Å². The summed E-state index contributed by atoms with van der Waals surface area (Å²) in [6.45, 7) is 0.336. The average molecular weight is 426 g/mol. The molecular formula is C22H20ClN3O4. The van der Waals surface area contributed by atoms with Gasteiger partial charge in [0.25, 0.3) is 5.91 Å². The second-order valence-corrected chi connectivity index (χ2v) is 7.20. The number of hydrogen-bond donors (Lipinski definition) is 1. The number of aromatic nitrogens is 2. The fourth-order valence-electron chi connectivity index (χ4n) is 3.40. The summed E-state index contributed by atoms with van der Waals surface area (Å²) in [6.07, 6.45) is 5.38. The molecule has 0 radical (unpaired) electrons. The summed E-state index contributed by atoms with van der Waals surface area (Å²) in [7, 11) is 3.07. The van der Waals surface area contributed by atoms with E-state index in [1.54, 1.807) is 37.7 Å². The average Bonchev–Trinajstić information content (AvgIpc) is 3.21. The van der Waals surface area contributed by atoms with Crippen molar-refractivity contribution in [1.29, 1.82) is 0 Å². The van der Waals surface area contributed by atoms with Crippen LogP contribution in [0.3, 0.4) is 0 Å². The van der Waals surface area contributed by atoms with E-state index in [0.717, 1.165) is 16.7 Å². The lowest BCUT2D eigenvalue weighted by atomic mass is 10.0. The molecule has 7 nitrogen and oxygen atoms in total. The Labute approximate surface area is 179 Å². The number of methoxy groups -OCH3 is 2. The van der Waals surface area contributed by atoms with Gasteiger partial charge in [-0.05, 0) is 29.8 Å². The van der Waals surface area contributed by atoms with E-state index in [2.05, 4.69) is 15.3 Å². The molecule has 1 aliphatic rings. The molecule has 1 atom stereocenters. The van der Waals surface area contributed by atoms with Gasteiger partial charge in [0, 0.05) is 36.0 Å². The van der Waals surface area contributed by atoms with E-state index in [4.69, 9.17) is 25.8 Å². The van der Waals surface area contributed by atoms with E-state index in [1.807, 2.05) is 12.1 Å². The summed E-state index contributed by atoms with van der Waals surface area (Å²) in [5.74, 6) is 1.47. The number of nitrogens with one attached hydrogen (secondary N) is 1. The molecule has 1 aliphatic heterocycles. The Morgan fingerprint density at radius 3 is 2.70 bits per heavy atom. The van der Waals surface area contributed by atoms with Gasteiger partial charge in [-0.2, -0.15) is 0 Å². The summed E-state index contributed by atoms with van der Waals surface area (Å²) in [6, 6.07) is 8.91. The van der Waals surface area contributed by atoms with Crippen molar-refractivity contribution in [2.75, 3.05) is 20.8 Å². The molecule has 0 spiro atoms. The van der Waals surface area contributed by atoms with Gasteiger partial charge in [0.05, 0.1) is 31.4 Å². The molecule has 1 amide bonds. The maximum absolute atomic E-state index is 12.6. The molecule has 1 unspecified atom stereocenters. The molecule has 4 rings (SSSR count). The highest BCUT2D eigenvalue weighted by Crippen LogP contribution is 2.39. The number of benzene rings is 2. The Morgan fingerprint density at radius 1 is 1.17 bits per heavy atom. The number of hydrogen-bond acceptors (Lipinski definition) is 6. The molecule has 0 saturated heterocycles. The molecule has 0 bridgehead atoms. The summed E-state index contributed by atoms with van der Waals surface area (Å²) in [5.41, 5.74) is 3.22. The maximum atomic E-state index is 12.6. The number of nitrogens with zero attached hydrogens (tertiary/aromatic N) is 2. The Kier molecular flexibility index (Phi) is 5.72. The second kappa shape index (κ2) is 8.59. The van der Waals surface area contributed by atoms with Crippen LogP contribution in [0.4, 0.5) is 0 Å². The van der Waals surface area contributed by atoms with E-state index in [0.29, 0.717) is 40.8 Å². The topological polar surface area (TPSA) is 82.6 Å². The fraction of sp³-hybridized carbons (Fsp3) is 0.227. The summed E-state index contributed by atoms with van der Waals surface area (Å²) in [4.78, 5) is 20.7. The number of fused-ring (bicyclic) bond motifs is 1. The standard InChI is InChI=1S/C22H20ClN3O4/c1-28-16-3-4-18(20(8-16)29-2)22(27)26-11-17-6-14-5-13(7-19(23)21(14)30-17)15-9-24-12-25-10-15/h3-5,7-10,12,17H,6,11H2,1-2H3,(H,26,27). The van der Waals surface area contributed by atoms with Crippen molar-refractivity contribution in [3.8, 4) is 28.4 Å². The highest BCUT2D eigenvalue weighted by Gasteiger charge is 2.27. The number of halogens is 1. The van der Waals surface area contributed by atoms with E-state index in [9.17, 15) is 4.79 Å². The first-order valence-corrected chi connectivity index (χ1v) is 9.71. The van der Waals surface area contributed by atoms with Crippen molar-refractivity contribution in [1.82, 2.24) is 15.3 Å². The van der Waals surface area contributed by atoms with Crippen LogP contribution in [0.2, 0.25) is 5.02 Å². The highest BCUT2D eigenvalue weighted by molar-refractivity contribution is 6.32. The lowest BCUT2D eigenvalue weighted by Gasteiger charge is -2.14. The van der Waals surface area contributed by atoms with Crippen LogP contribution in [0.25, 0.3) is 11.1 Å². The Bertz CT molecular complexity index is 1080. The quantitative estimate of drug-likeness (QED) is 0.650. The monoisotopic (exact) mass is 425 g/mol. The zero-order chi connectivity index (χ0) is 21.1. The summed E-state index contributed by atoms with van der Waals surface area (Å²) in [5, 5.41) is 3.43. The predicted octanol–water partition coefficient (Wildman–Crippen LogP) is 3.55. The molecule has 0 aliphatic carbocycles. The first-order chi connectivity index (χ1) is 14.6. The van der Waals surface area contributed by atoms with Gasteiger partial charge in [0.1, 0.15) is 29.7 Å². The normalized spacial score (nSPS) is 14.6. The Morgan fingerprint density at radius 2 is 1.97 bits per heavy atom. The van der Waals surface area contributed by atoms with Crippen LogP contribution >= 0.6 is 11.6 Å². The van der Waals surface area contributed by atoms with Crippen LogP contribution in [-0.4, -0.2) is 42.7 Å². The molecule has 1 aromatic heterocycles. The minimum atomic E-state index is -0.248. The lowest BCUT2D eigenvalue weighted by Crippen LogP contribution is -2.34. The largest absolute Gasteiger partial charge is 0.497 e. The first-order valence-electron chi connectivity index (χ1n) is 9.33. The summed E-state index contributed by atoms with van der Waals surface area (Å²) >= 11 is 6.44. The Hall–Kier alpha value is -3.32. The number of amides is 1. The van der Waals surface area contributed by atoms with E-state index < -0.39 is 0 Å². The highest BCUT2D eigenvalue weighted by atomic mass is 35.5. The van der Waals surface area contributed by atoms with Crippen molar-refractivity contribution in [2.24, 2.45) is 0 Å². The van der Waals surface area contributed by atoms with Crippen molar-refractivity contribution in [3.05, 3.63) is 65.2 Å².